The van der Waals surface area contributed by atoms with Gasteiger partial charge in [-0.15, -0.1) is 0 Å². The molecular weight excluding hydrogens is 270 g/mol. The van der Waals surface area contributed by atoms with Crippen molar-refractivity contribution in [3.8, 4) is 0 Å². The number of carboxylic acid groups (broad SMARTS) is 1. The Bertz CT molecular complexity index is 710. The van der Waals surface area contributed by atoms with Gasteiger partial charge in [0.15, 0.2) is 0 Å². The first-order chi connectivity index (χ1) is 10.1. The first kappa shape index (κ1) is 13.4. The topological polar surface area (TPSA) is 91.3 Å². The number of nitrogens with zero attached hydrogens (tertiary/aromatic N) is 1. The van der Waals surface area contributed by atoms with Gasteiger partial charge in [-0.25, -0.2) is 9.78 Å². The average molecular weight is 285 g/mol. The number of carboxylic acids is 1. The Labute approximate surface area is 121 Å². The normalized spacial score (nSPS) is 13.9. The van der Waals surface area contributed by atoms with Gasteiger partial charge in [-0.2, -0.15) is 0 Å². The van der Waals surface area contributed by atoms with Crippen LogP contribution in [0.15, 0.2) is 30.5 Å². The number of carbonyl (C=O) groups is 2. The predicted molar refractivity (Wildman–Crippen MR) is 78.4 cm³/mol. The van der Waals surface area contributed by atoms with Gasteiger partial charge in [0.1, 0.15) is 5.82 Å². The van der Waals surface area contributed by atoms with Crippen molar-refractivity contribution < 1.29 is 14.7 Å². The number of fused-ring (bicyclic) bond motifs is 1. The van der Waals surface area contributed by atoms with Crippen molar-refractivity contribution in [2.45, 2.75) is 18.9 Å². The van der Waals surface area contributed by atoms with Crippen LogP contribution in [0.5, 0.6) is 0 Å². The minimum Gasteiger partial charge on any atom is -0.478 e. The summed E-state index contributed by atoms with van der Waals surface area (Å²) in [5.41, 5.74) is 0.151. The lowest BCUT2D eigenvalue weighted by Gasteiger charge is -2.10. The standard InChI is InChI=1S/C15H15N3O3/c19-13(18-9-5-6-9)8-17-14-11-4-2-1-3-10(11)12(7-16-14)15(20)21/h1-4,7,9H,5-6,8H2,(H,16,17)(H,18,19)(H,20,21). The van der Waals surface area contributed by atoms with E-state index in [2.05, 4.69) is 15.6 Å². The van der Waals surface area contributed by atoms with E-state index in [9.17, 15) is 14.7 Å². The van der Waals surface area contributed by atoms with E-state index in [1.54, 1.807) is 18.2 Å². The number of aromatic nitrogens is 1. The van der Waals surface area contributed by atoms with Gasteiger partial charge >= 0.3 is 5.97 Å². The number of carbonyl (C=O) groups excluding carboxylic acids is 1. The maximum Gasteiger partial charge on any atom is 0.337 e. The number of aromatic carboxylic acids is 1. The molecular formula is C15H15N3O3. The van der Waals surface area contributed by atoms with Crippen LogP contribution in [0.3, 0.4) is 0 Å². The van der Waals surface area contributed by atoms with E-state index in [-0.39, 0.29) is 18.0 Å². The van der Waals surface area contributed by atoms with Crippen molar-refractivity contribution in [1.29, 1.82) is 0 Å². The number of amides is 1. The first-order valence-electron chi connectivity index (χ1n) is 6.79. The average Bonchev–Trinajstić information content (AvgIpc) is 3.28. The van der Waals surface area contributed by atoms with Gasteiger partial charge < -0.3 is 15.7 Å². The van der Waals surface area contributed by atoms with E-state index in [4.69, 9.17) is 0 Å². The van der Waals surface area contributed by atoms with Crippen molar-refractivity contribution in [2.75, 3.05) is 11.9 Å². The third kappa shape index (κ3) is 2.94. The summed E-state index contributed by atoms with van der Waals surface area (Å²) in [6.07, 6.45) is 3.40. The molecule has 1 aromatic carbocycles. The molecule has 3 N–H and O–H groups in total. The lowest BCUT2D eigenvalue weighted by molar-refractivity contribution is -0.119. The molecule has 0 atom stereocenters. The van der Waals surface area contributed by atoms with Gasteiger partial charge in [-0.05, 0) is 12.8 Å². The van der Waals surface area contributed by atoms with E-state index < -0.39 is 5.97 Å². The molecule has 1 aromatic heterocycles. The van der Waals surface area contributed by atoms with Crippen molar-refractivity contribution in [1.82, 2.24) is 10.3 Å². The second kappa shape index (κ2) is 5.40. The van der Waals surface area contributed by atoms with Crippen LogP contribution < -0.4 is 10.6 Å². The summed E-state index contributed by atoms with van der Waals surface area (Å²) in [6, 6.07) is 7.42. The fraction of sp³-hybridized carbons (Fsp3) is 0.267. The van der Waals surface area contributed by atoms with Crippen LogP contribution in [0, 0.1) is 0 Å². The zero-order valence-electron chi connectivity index (χ0n) is 11.3. The van der Waals surface area contributed by atoms with Crippen molar-refractivity contribution in [3.63, 3.8) is 0 Å². The molecule has 3 rings (SSSR count). The van der Waals surface area contributed by atoms with Gasteiger partial charge in [-0.3, -0.25) is 4.79 Å². The van der Waals surface area contributed by atoms with Crippen LogP contribution in [0.4, 0.5) is 5.82 Å². The highest BCUT2D eigenvalue weighted by Crippen LogP contribution is 2.24. The molecule has 0 bridgehead atoms. The van der Waals surface area contributed by atoms with Crippen molar-refractivity contribution in [3.05, 3.63) is 36.0 Å². The maximum atomic E-state index is 11.7. The van der Waals surface area contributed by atoms with E-state index in [0.29, 0.717) is 22.6 Å². The molecule has 0 saturated heterocycles. The van der Waals surface area contributed by atoms with E-state index in [1.165, 1.54) is 6.20 Å². The quantitative estimate of drug-likeness (QED) is 0.776. The second-order valence-corrected chi connectivity index (χ2v) is 5.07. The molecule has 0 spiro atoms. The van der Waals surface area contributed by atoms with Gasteiger partial charge in [0, 0.05) is 23.0 Å². The van der Waals surface area contributed by atoms with Crippen LogP contribution >= 0.6 is 0 Å². The van der Waals surface area contributed by atoms with Gasteiger partial charge in [0.05, 0.1) is 12.1 Å². The van der Waals surface area contributed by atoms with Gasteiger partial charge in [0.25, 0.3) is 0 Å². The summed E-state index contributed by atoms with van der Waals surface area (Å²) in [7, 11) is 0. The summed E-state index contributed by atoms with van der Waals surface area (Å²) in [6.45, 7) is 0.125. The molecule has 1 fully saturated rings. The minimum absolute atomic E-state index is 0.0781. The fourth-order valence-electron chi connectivity index (χ4n) is 2.17. The number of rotatable bonds is 5. The Kier molecular flexibility index (Phi) is 3.43. The van der Waals surface area contributed by atoms with Crippen LogP contribution in [0.2, 0.25) is 0 Å². The number of benzene rings is 1. The Morgan fingerprint density at radius 3 is 2.62 bits per heavy atom. The Morgan fingerprint density at radius 2 is 1.95 bits per heavy atom. The highest BCUT2D eigenvalue weighted by molar-refractivity contribution is 6.06. The number of hydrogen-bond acceptors (Lipinski definition) is 4. The highest BCUT2D eigenvalue weighted by Gasteiger charge is 2.23. The smallest absolute Gasteiger partial charge is 0.337 e. The van der Waals surface area contributed by atoms with Crippen LogP contribution in [-0.4, -0.2) is 34.6 Å². The molecule has 108 valence electrons. The largest absolute Gasteiger partial charge is 0.478 e. The zero-order valence-corrected chi connectivity index (χ0v) is 11.3. The number of anilines is 1. The third-order valence-corrected chi connectivity index (χ3v) is 3.38. The zero-order chi connectivity index (χ0) is 14.8. The van der Waals surface area contributed by atoms with Crippen LogP contribution in [-0.2, 0) is 4.79 Å². The molecule has 1 amide bonds. The van der Waals surface area contributed by atoms with Gasteiger partial charge in [-0.1, -0.05) is 24.3 Å². The van der Waals surface area contributed by atoms with Crippen molar-refractivity contribution >= 4 is 28.5 Å². The fourth-order valence-corrected chi connectivity index (χ4v) is 2.17. The maximum absolute atomic E-state index is 11.7. The number of nitrogens with one attached hydrogen (secondary N) is 2. The minimum atomic E-state index is -1.02. The van der Waals surface area contributed by atoms with Crippen LogP contribution in [0.25, 0.3) is 10.8 Å². The molecule has 0 unspecified atom stereocenters. The van der Waals surface area contributed by atoms with E-state index in [1.807, 2.05) is 6.07 Å². The molecule has 1 aliphatic rings. The Balaban J connectivity index is 1.83. The molecule has 1 saturated carbocycles. The van der Waals surface area contributed by atoms with E-state index >= 15 is 0 Å². The predicted octanol–water partition coefficient (Wildman–Crippen LogP) is 1.62. The van der Waals surface area contributed by atoms with Gasteiger partial charge in [0.2, 0.25) is 5.91 Å². The summed E-state index contributed by atoms with van der Waals surface area (Å²) in [5, 5.41) is 16.3. The first-order valence-corrected chi connectivity index (χ1v) is 6.79. The molecule has 1 aliphatic carbocycles. The molecule has 0 radical (unpaired) electrons. The third-order valence-electron chi connectivity index (χ3n) is 3.38. The number of hydrogen-bond donors (Lipinski definition) is 3. The van der Waals surface area contributed by atoms with E-state index in [0.717, 1.165) is 12.8 Å². The highest BCUT2D eigenvalue weighted by atomic mass is 16.4. The lowest BCUT2D eigenvalue weighted by atomic mass is 10.1. The molecule has 0 aliphatic heterocycles. The summed E-state index contributed by atoms with van der Waals surface area (Å²) < 4.78 is 0. The summed E-state index contributed by atoms with van der Waals surface area (Å²) >= 11 is 0. The lowest BCUT2D eigenvalue weighted by Crippen LogP contribution is -2.31. The summed E-state index contributed by atoms with van der Waals surface area (Å²) in [5.74, 6) is -0.580. The molecule has 21 heavy (non-hydrogen) atoms. The van der Waals surface area contributed by atoms with Crippen molar-refractivity contribution in [2.24, 2.45) is 0 Å². The number of pyridine rings is 1. The SMILES string of the molecule is O=C(CNc1ncc(C(=O)O)c2ccccc12)NC1CC1. The second-order valence-electron chi connectivity index (χ2n) is 5.07. The molecule has 2 aromatic rings. The monoisotopic (exact) mass is 285 g/mol. The molecule has 6 nitrogen and oxygen atoms in total. The summed E-state index contributed by atoms with van der Waals surface area (Å²) in [4.78, 5) is 27.0. The Hall–Kier alpha value is -2.63. The Morgan fingerprint density at radius 1 is 1.24 bits per heavy atom. The molecule has 1 heterocycles. The van der Waals surface area contributed by atoms with Crippen LogP contribution in [0.1, 0.15) is 23.2 Å². The molecule has 6 heteroatoms.